The first-order chi connectivity index (χ1) is 15.4. The fourth-order valence-electron chi connectivity index (χ4n) is 3.51. The highest BCUT2D eigenvalue weighted by molar-refractivity contribution is 7.90. The minimum Gasteiger partial charge on any atom is -0.355 e. The number of sulfone groups is 1. The summed E-state index contributed by atoms with van der Waals surface area (Å²) < 4.78 is 24.2. The summed E-state index contributed by atoms with van der Waals surface area (Å²) in [4.78, 5) is 28.0. The third-order valence-corrected chi connectivity index (χ3v) is 7.36. The number of hydrogen-bond acceptors (Lipinski definition) is 8. The number of aromatic nitrogens is 3. The Bertz CT molecular complexity index is 1410. The van der Waals surface area contributed by atoms with Crippen LogP contribution in [0.2, 0.25) is 0 Å². The molecule has 1 N–H and O–H groups in total. The van der Waals surface area contributed by atoms with Gasteiger partial charge >= 0.3 is 0 Å². The summed E-state index contributed by atoms with van der Waals surface area (Å²) in [6, 6.07) is 16.6. The SMILES string of the molecule is CS(=O)(=O)c1ccc2nc(NC(=O)C3CN(c4cc(-c5ccccc5)ncn4)C3)sc2c1. The molecule has 2 aromatic carbocycles. The Kier molecular flexibility index (Phi) is 5.10. The molecule has 0 spiro atoms. The summed E-state index contributed by atoms with van der Waals surface area (Å²) in [5.41, 5.74) is 2.51. The van der Waals surface area contributed by atoms with Gasteiger partial charge in [-0.3, -0.25) is 4.79 Å². The first-order valence-corrected chi connectivity index (χ1v) is 12.6. The van der Waals surface area contributed by atoms with E-state index in [2.05, 4.69) is 20.3 Å². The molecule has 0 bridgehead atoms. The van der Waals surface area contributed by atoms with Crippen LogP contribution in [-0.4, -0.2) is 48.6 Å². The highest BCUT2D eigenvalue weighted by atomic mass is 32.2. The van der Waals surface area contributed by atoms with E-state index in [0.29, 0.717) is 28.4 Å². The second-order valence-electron chi connectivity index (χ2n) is 7.64. The fourth-order valence-corrected chi connectivity index (χ4v) is 5.14. The van der Waals surface area contributed by atoms with E-state index in [-0.39, 0.29) is 16.7 Å². The van der Waals surface area contributed by atoms with Crippen molar-refractivity contribution in [1.82, 2.24) is 15.0 Å². The van der Waals surface area contributed by atoms with Crippen molar-refractivity contribution in [1.29, 1.82) is 0 Å². The minimum absolute atomic E-state index is 0.110. The van der Waals surface area contributed by atoms with E-state index in [1.54, 1.807) is 12.1 Å². The number of carbonyl (C=O) groups excluding carboxylic acids is 1. The summed E-state index contributed by atoms with van der Waals surface area (Å²) in [5, 5.41) is 3.32. The molecule has 1 saturated heterocycles. The summed E-state index contributed by atoms with van der Waals surface area (Å²) >= 11 is 1.26. The van der Waals surface area contributed by atoms with Gasteiger partial charge < -0.3 is 10.2 Å². The van der Waals surface area contributed by atoms with Gasteiger partial charge in [0.2, 0.25) is 5.91 Å². The van der Waals surface area contributed by atoms with Crippen LogP contribution in [0.5, 0.6) is 0 Å². The van der Waals surface area contributed by atoms with Gasteiger partial charge in [-0.2, -0.15) is 0 Å². The third-order valence-electron chi connectivity index (χ3n) is 5.32. The van der Waals surface area contributed by atoms with Crippen LogP contribution in [0.15, 0.2) is 65.8 Å². The molecule has 1 aliphatic heterocycles. The Balaban J connectivity index is 1.24. The van der Waals surface area contributed by atoms with Crippen LogP contribution < -0.4 is 10.2 Å². The van der Waals surface area contributed by atoms with Gasteiger partial charge in [-0.1, -0.05) is 41.7 Å². The maximum Gasteiger partial charge on any atom is 0.232 e. The number of hydrogen-bond donors (Lipinski definition) is 1. The molecule has 0 atom stereocenters. The Labute approximate surface area is 188 Å². The van der Waals surface area contributed by atoms with Crippen molar-refractivity contribution in [3.05, 3.63) is 60.9 Å². The molecule has 1 aliphatic rings. The van der Waals surface area contributed by atoms with Crippen LogP contribution in [0, 0.1) is 5.92 Å². The maximum atomic E-state index is 12.7. The predicted octanol–water partition coefficient (Wildman–Crippen LogP) is 3.23. The van der Waals surface area contributed by atoms with Crippen molar-refractivity contribution in [3.63, 3.8) is 0 Å². The molecule has 2 aromatic heterocycles. The summed E-state index contributed by atoms with van der Waals surface area (Å²) in [5.74, 6) is 0.501. The Morgan fingerprint density at radius 1 is 1.09 bits per heavy atom. The van der Waals surface area contributed by atoms with Crippen LogP contribution in [0.4, 0.5) is 10.9 Å². The van der Waals surface area contributed by atoms with Crippen molar-refractivity contribution >= 4 is 48.2 Å². The van der Waals surface area contributed by atoms with E-state index in [0.717, 1.165) is 17.1 Å². The van der Waals surface area contributed by atoms with E-state index in [9.17, 15) is 13.2 Å². The Hall–Kier alpha value is -3.37. The summed E-state index contributed by atoms with van der Waals surface area (Å²) in [7, 11) is -3.29. The molecule has 0 radical (unpaired) electrons. The monoisotopic (exact) mass is 465 g/mol. The highest BCUT2D eigenvalue weighted by Gasteiger charge is 2.34. The van der Waals surface area contributed by atoms with Crippen LogP contribution in [-0.2, 0) is 14.6 Å². The highest BCUT2D eigenvalue weighted by Crippen LogP contribution is 2.30. The third kappa shape index (κ3) is 4.06. The molecule has 4 aromatic rings. The van der Waals surface area contributed by atoms with Gasteiger partial charge in [0.15, 0.2) is 15.0 Å². The molecule has 8 nitrogen and oxygen atoms in total. The molecule has 3 heterocycles. The van der Waals surface area contributed by atoms with E-state index >= 15 is 0 Å². The molecular weight excluding hydrogens is 446 g/mol. The number of amides is 1. The molecule has 5 rings (SSSR count). The fraction of sp³-hybridized carbons (Fsp3) is 0.182. The number of rotatable bonds is 5. The molecule has 10 heteroatoms. The van der Waals surface area contributed by atoms with E-state index in [4.69, 9.17) is 0 Å². The second kappa shape index (κ2) is 7.95. The molecule has 0 saturated carbocycles. The smallest absolute Gasteiger partial charge is 0.232 e. The van der Waals surface area contributed by atoms with E-state index in [1.165, 1.54) is 30.0 Å². The van der Waals surface area contributed by atoms with Crippen LogP contribution in [0.3, 0.4) is 0 Å². The Morgan fingerprint density at radius 2 is 1.88 bits per heavy atom. The predicted molar refractivity (Wildman–Crippen MR) is 125 cm³/mol. The number of carbonyl (C=O) groups is 1. The van der Waals surface area contributed by atoms with Crippen LogP contribution in [0.25, 0.3) is 21.5 Å². The molecule has 1 fully saturated rings. The molecule has 0 aliphatic carbocycles. The topological polar surface area (TPSA) is 105 Å². The van der Waals surface area contributed by atoms with E-state index < -0.39 is 9.84 Å². The van der Waals surface area contributed by atoms with Gasteiger partial charge in [-0.05, 0) is 18.2 Å². The van der Waals surface area contributed by atoms with Gasteiger partial charge in [-0.15, -0.1) is 0 Å². The molecule has 162 valence electrons. The lowest BCUT2D eigenvalue weighted by atomic mass is 9.99. The van der Waals surface area contributed by atoms with Crippen molar-refractivity contribution in [2.24, 2.45) is 5.92 Å². The van der Waals surface area contributed by atoms with Crippen molar-refractivity contribution in [2.75, 3.05) is 29.6 Å². The lowest BCUT2D eigenvalue weighted by Crippen LogP contribution is -2.52. The van der Waals surface area contributed by atoms with Gasteiger partial charge in [0.05, 0.1) is 26.7 Å². The summed E-state index contributed by atoms with van der Waals surface area (Å²) in [6.07, 6.45) is 2.71. The van der Waals surface area contributed by atoms with Gasteiger partial charge in [0.1, 0.15) is 12.1 Å². The van der Waals surface area contributed by atoms with Crippen molar-refractivity contribution in [3.8, 4) is 11.3 Å². The number of nitrogens with one attached hydrogen (secondary N) is 1. The Morgan fingerprint density at radius 3 is 2.62 bits per heavy atom. The number of anilines is 2. The molecule has 1 amide bonds. The zero-order valence-corrected chi connectivity index (χ0v) is 18.7. The quantitative estimate of drug-likeness (QED) is 0.482. The molecule has 0 unspecified atom stereocenters. The minimum atomic E-state index is -3.29. The standard InChI is InChI=1S/C22H19N5O3S2/c1-32(29,30)16-7-8-17-19(9-16)31-22(25-17)26-21(28)15-11-27(12-15)20-10-18(23-13-24-20)14-5-3-2-4-6-14/h2-10,13,15H,11-12H2,1H3,(H,25,26,28). The lowest BCUT2D eigenvalue weighted by molar-refractivity contribution is -0.120. The normalized spacial score (nSPS) is 14.3. The van der Waals surface area contributed by atoms with Crippen molar-refractivity contribution < 1.29 is 13.2 Å². The number of benzene rings is 2. The average Bonchev–Trinajstić information content (AvgIpc) is 3.14. The van der Waals surface area contributed by atoms with Crippen molar-refractivity contribution in [2.45, 2.75) is 4.90 Å². The number of fused-ring (bicyclic) bond motifs is 1. The van der Waals surface area contributed by atoms with Gasteiger partial charge in [-0.25, -0.2) is 23.4 Å². The largest absolute Gasteiger partial charge is 0.355 e. The zero-order valence-electron chi connectivity index (χ0n) is 17.1. The van der Waals surface area contributed by atoms with E-state index in [1.807, 2.05) is 41.3 Å². The number of nitrogens with zero attached hydrogens (tertiary/aromatic N) is 4. The maximum absolute atomic E-state index is 12.7. The molecule has 32 heavy (non-hydrogen) atoms. The first kappa shape index (κ1) is 20.5. The zero-order chi connectivity index (χ0) is 22.3. The molecular formula is C22H19N5O3S2. The van der Waals surface area contributed by atoms with Gasteiger partial charge in [0, 0.05) is 31.0 Å². The lowest BCUT2D eigenvalue weighted by Gasteiger charge is -2.38. The average molecular weight is 466 g/mol. The van der Waals surface area contributed by atoms with Crippen LogP contribution >= 0.6 is 11.3 Å². The number of thiazole rings is 1. The van der Waals surface area contributed by atoms with Gasteiger partial charge in [0.25, 0.3) is 0 Å². The first-order valence-electron chi connectivity index (χ1n) is 9.91. The van der Waals surface area contributed by atoms with Crippen LogP contribution in [0.1, 0.15) is 0 Å². The second-order valence-corrected chi connectivity index (χ2v) is 10.7. The summed E-state index contributed by atoms with van der Waals surface area (Å²) in [6.45, 7) is 1.11.